The molecule has 10 heteroatoms. The molecule has 2 aromatic rings. The molecule has 2 aliphatic heterocycles. The van der Waals surface area contributed by atoms with Gasteiger partial charge in [0, 0.05) is 19.3 Å². The van der Waals surface area contributed by atoms with E-state index >= 15 is 0 Å². The van der Waals surface area contributed by atoms with Gasteiger partial charge in [-0.05, 0) is 66.3 Å². The molecule has 1 fully saturated rings. The van der Waals surface area contributed by atoms with Gasteiger partial charge in [0.1, 0.15) is 6.61 Å². The Bertz CT molecular complexity index is 1070. The fraction of sp³-hybridized carbons (Fsp3) is 0.429. The van der Waals surface area contributed by atoms with E-state index in [-0.39, 0.29) is 24.2 Å². The molecule has 0 saturated carbocycles. The Morgan fingerprint density at radius 1 is 1.19 bits per heavy atom. The van der Waals surface area contributed by atoms with Gasteiger partial charge in [-0.15, -0.1) is 10.1 Å². The van der Waals surface area contributed by atoms with Crippen molar-refractivity contribution in [1.82, 2.24) is 4.90 Å². The summed E-state index contributed by atoms with van der Waals surface area (Å²) in [7, 11) is -3.27. The van der Waals surface area contributed by atoms with Crippen molar-refractivity contribution in [2.75, 3.05) is 32.7 Å². The van der Waals surface area contributed by atoms with Crippen molar-refractivity contribution in [3.05, 3.63) is 52.1 Å². The molecule has 31 heavy (non-hydrogen) atoms. The number of nitrogens with zero attached hydrogens (tertiary/aromatic N) is 2. The first kappa shape index (κ1) is 21.4. The predicted octanol–water partition coefficient (Wildman–Crippen LogP) is 2.91. The summed E-state index contributed by atoms with van der Waals surface area (Å²) in [6.07, 6.45) is 3.02. The van der Waals surface area contributed by atoms with Gasteiger partial charge in [-0.1, -0.05) is 12.1 Å². The Hall–Kier alpha value is -2.85. The second kappa shape index (κ2) is 8.72. The van der Waals surface area contributed by atoms with Crippen molar-refractivity contribution in [1.29, 1.82) is 0 Å². The third kappa shape index (κ3) is 5.08. The fourth-order valence-corrected chi connectivity index (χ4v) is 4.73. The maximum atomic E-state index is 11.8. The average molecular weight is 448 g/mol. The molecule has 1 saturated heterocycles. The Balaban J connectivity index is 1.59. The van der Waals surface area contributed by atoms with Gasteiger partial charge < -0.3 is 14.3 Å². The second-order valence-electron chi connectivity index (χ2n) is 7.92. The van der Waals surface area contributed by atoms with Crippen LogP contribution in [0.5, 0.6) is 11.5 Å². The van der Waals surface area contributed by atoms with Crippen LogP contribution < -0.4 is 9.47 Å². The average Bonchev–Trinajstić information content (AvgIpc) is 3.19. The SMILES string of the molecule is CS(=O)(=O)c1ccc(-c2cc3c(cc2CN2CCCC(CO[N+](=O)[O-])C2)OCO3)cc1. The highest BCUT2D eigenvalue weighted by atomic mass is 32.2. The molecule has 1 atom stereocenters. The number of likely N-dealkylation sites (tertiary alicyclic amines) is 1. The number of piperidine rings is 1. The summed E-state index contributed by atoms with van der Waals surface area (Å²) in [4.78, 5) is 17.6. The largest absolute Gasteiger partial charge is 0.454 e. The van der Waals surface area contributed by atoms with E-state index in [1.807, 2.05) is 12.1 Å². The molecule has 0 aliphatic carbocycles. The maximum Gasteiger partial charge on any atom is 0.294 e. The van der Waals surface area contributed by atoms with Crippen LogP contribution in [0, 0.1) is 16.0 Å². The zero-order valence-corrected chi connectivity index (χ0v) is 18.0. The first-order valence-corrected chi connectivity index (χ1v) is 11.9. The third-order valence-electron chi connectivity index (χ3n) is 5.60. The topological polar surface area (TPSA) is 108 Å². The molecule has 0 spiro atoms. The number of benzene rings is 2. The van der Waals surface area contributed by atoms with E-state index in [0.717, 1.165) is 36.1 Å². The number of hydrogen-bond donors (Lipinski definition) is 0. The lowest BCUT2D eigenvalue weighted by atomic mass is 9.95. The molecule has 0 bridgehead atoms. The third-order valence-corrected chi connectivity index (χ3v) is 6.73. The van der Waals surface area contributed by atoms with Crippen molar-refractivity contribution in [2.24, 2.45) is 5.92 Å². The molecular formula is C21H24N2O7S. The van der Waals surface area contributed by atoms with Gasteiger partial charge in [0.25, 0.3) is 5.09 Å². The Kier molecular flexibility index (Phi) is 6.01. The van der Waals surface area contributed by atoms with Gasteiger partial charge in [-0.25, -0.2) is 8.42 Å². The van der Waals surface area contributed by atoms with E-state index in [4.69, 9.17) is 9.47 Å². The van der Waals surface area contributed by atoms with E-state index < -0.39 is 14.9 Å². The van der Waals surface area contributed by atoms with Crippen molar-refractivity contribution in [3.63, 3.8) is 0 Å². The predicted molar refractivity (Wildman–Crippen MR) is 112 cm³/mol. The van der Waals surface area contributed by atoms with Gasteiger partial charge in [0.2, 0.25) is 6.79 Å². The molecule has 0 N–H and O–H groups in total. The highest BCUT2D eigenvalue weighted by Crippen LogP contribution is 2.39. The summed E-state index contributed by atoms with van der Waals surface area (Å²) >= 11 is 0. The van der Waals surface area contributed by atoms with Crippen LogP contribution >= 0.6 is 0 Å². The minimum atomic E-state index is -3.27. The lowest BCUT2D eigenvalue weighted by Gasteiger charge is -2.32. The van der Waals surface area contributed by atoms with Crippen LogP contribution in [0.25, 0.3) is 11.1 Å². The zero-order chi connectivity index (χ0) is 22.0. The van der Waals surface area contributed by atoms with E-state index in [1.54, 1.807) is 24.3 Å². The van der Waals surface area contributed by atoms with E-state index in [9.17, 15) is 18.5 Å². The minimum absolute atomic E-state index is 0.102. The molecule has 2 heterocycles. The van der Waals surface area contributed by atoms with E-state index in [2.05, 4.69) is 9.74 Å². The summed E-state index contributed by atoms with van der Waals surface area (Å²) in [5, 5.41) is 9.78. The van der Waals surface area contributed by atoms with Crippen molar-refractivity contribution in [2.45, 2.75) is 24.3 Å². The van der Waals surface area contributed by atoms with Crippen molar-refractivity contribution < 1.29 is 27.8 Å². The molecule has 166 valence electrons. The zero-order valence-electron chi connectivity index (χ0n) is 17.2. The van der Waals surface area contributed by atoms with Crippen LogP contribution in [0.15, 0.2) is 41.3 Å². The molecule has 0 aromatic heterocycles. The lowest BCUT2D eigenvalue weighted by Crippen LogP contribution is -2.37. The quantitative estimate of drug-likeness (QED) is 0.470. The molecular weight excluding hydrogens is 424 g/mol. The molecule has 0 amide bonds. The van der Waals surface area contributed by atoms with Crippen molar-refractivity contribution in [3.8, 4) is 22.6 Å². The number of ether oxygens (including phenoxy) is 2. The Morgan fingerprint density at radius 3 is 2.58 bits per heavy atom. The van der Waals surface area contributed by atoms with Gasteiger partial charge in [-0.3, -0.25) is 4.90 Å². The Labute approximate surface area is 180 Å². The normalized spacial score (nSPS) is 18.7. The summed E-state index contributed by atoms with van der Waals surface area (Å²) in [5.41, 5.74) is 2.84. The smallest absolute Gasteiger partial charge is 0.294 e. The van der Waals surface area contributed by atoms with E-state index in [1.165, 1.54) is 6.26 Å². The van der Waals surface area contributed by atoms with Gasteiger partial charge >= 0.3 is 0 Å². The van der Waals surface area contributed by atoms with Crippen LogP contribution in [0.4, 0.5) is 0 Å². The van der Waals surface area contributed by atoms with Crippen LogP contribution in [0.2, 0.25) is 0 Å². The lowest BCUT2D eigenvalue weighted by molar-refractivity contribution is -0.759. The highest BCUT2D eigenvalue weighted by molar-refractivity contribution is 7.90. The molecule has 0 radical (unpaired) electrons. The first-order valence-electron chi connectivity index (χ1n) is 10.0. The summed E-state index contributed by atoms with van der Waals surface area (Å²) in [6, 6.07) is 10.7. The van der Waals surface area contributed by atoms with Crippen LogP contribution in [0.3, 0.4) is 0 Å². The molecule has 2 aromatic carbocycles. The van der Waals surface area contributed by atoms with Crippen molar-refractivity contribution >= 4 is 9.84 Å². The summed E-state index contributed by atoms with van der Waals surface area (Å²) in [6.45, 7) is 2.49. The number of rotatable bonds is 7. The minimum Gasteiger partial charge on any atom is -0.454 e. The standard InChI is InChI=1S/C21H24N2O7S/c1-31(26,27)18-6-4-16(5-7-18)19-10-21-20(28-14-29-21)9-17(19)12-22-8-2-3-15(11-22)13-30-23(24)25/h4-7,9-10,15H,2-3,8,11-14H2,1H3. The number of sulfone groups is 1. The van der Waals surface area contributed by atoms with Crippen LogP contribution in [-0.4, -0.2) is 51.1 Å². The molecule has 1 unspecified atom stereocenters. The van der Waals surface area contributed by atoms with Crippen LogP contribution in [0.1, 0.15) is 18.4 Å². The van der Waals surface area contributed by atoms with Crippen LogP contribution in [-0.2, 0) is 21.2 Å². The molecule has 9 nitrogen and oxygen atoms in total. The monoisotopic (exact) mass is 448 g/mol. The summed E-state index contributed by atoms with van der Waals surface area (Å²) in [5.74, 6) is 1.43. The number of fused-ring (bicyclic) bond motifs is 1. The first-order chi connectivity index (χ1) is 14.8. The maximum absolute atomic E-state index is 11.8. The van der Waals surface area contributed by atoms with Gasteiger partial charge in [0.05, 0.1) is 4.90 Å². The van der Waals surface area contributed by atoms with Gasteiger partial charge in [0.15, 0.2) is 21.3 Å². The van der Waals surface area contributed by atoms with Gasteiger partial charge in [-0.2, -0.15) is 0 Å². The highest BCUT2D eigenvalue weighted by Gasteiger charge is 2.24. The summed E-state index contributed by atoms with van der Waals surface area (Å²) < 4.78 is 34.7. The Morgan fingerprint density at radius 2 is 1.90 bits per heavy atom. The second-order valence-corrected chi connectivity index (χ2v) is 9.94. The number of hydrogen-bond acceptors (Lipinski definition) is 8. The molecule has 2 aliphatic rings. The fourth-order valence-electron chi connectivity index (χ4n) is 4.10. The van der Waals surface area contributed by atoms with E-state index in [0.29, 0.717) is 24.6 Å². The molecule has 4 rings (SSSR count).